The minimum atomic E-state index is -0.401. The van der Waals surface area contributed by atoms with E-state index in [9.17, 15) is 9.18 Å². The van der Waals surface area contributed by atoms with Gasteiger partial charge in [-0.25, -0.2) is 4.39 Å². The Labute approximate surface area is 141 Å². The predicted molar refractivity (Wildman–Crippen MR) is 92.6 cm³/mol. The van der Waals surface area contributed by atoms with Crippen molar-refractivity contribution < 1.29 is 18.7 Å². The molecule has 1 N–H and O–H groups in total. The molecule has 0 spiro atoms. The fourth-order valence-electron chi connectivity index (χ4n) is 2.37. The zero-order valence-electron chi connectivity index (χ0n) is 14.2. The van der Waals surface area contributed by atoms with Gasteiger partial charge in [-0.2, -0.15) is 0 Å². The molecule has 0 fully saturated rings. The fraction of sp³-hybridized carbons (Fsp3) is 0.278. The second kappa shape index (κ2) is 7.68. The quantitative estimate of drug-likeness (QED) is 0.883. The van der Waals surface area contributed by atoms with Crippen LogP contribution in [0.3, 0.4) is 0 Å². The van der Waals surface area contributed by atoms with Crippen LogP contribution in [0, 0.1) is 5.82 Å². The number of nitrogens with zero attached hydrogens (tertiary/aromatic N) is 1. The van der Waals surface area contributed by atoms with Crippen molar-refractivity contribution in [2.24, 2.45) is 0 Å². The first-order chi connectivity index (χ1) is 11.4. The van der Waals surface area contributed by atoms with Crippen molar-refractivity contribution in [2.75, 3.05) is 38.5 Å². The third-order valence-corrected chi connectivity index (χ3v) is 3.53. The van der Waals surface area contributed by atoms with Crippen molar-refractivity contribution in [1.82, 2.24) is 0 Å². The van der Waals surface area contributed by atoms with Gasteiger partial charge in [0, 0.05) is 14.1 Å². The first kappa shape index (κ1) is 17.6. The maximum absolute atomic E-state index is 13.5. The summed E-state index contributed by atoms with van der Waals surface area (Å²) >= 11 is 0. The number of nitrogens with one attached hydrogen (secondary N) is 1. The van der Waals surface area contributed by atoms with Crippen molar-refractivity contribution >= 4 is 17.3 Å². The second-order valence-corrected chi connectivity index (χ2v) is 5.47. The number of carbonyl (C=O) groups is 1. The molecule has 24 heavy (non-hydrogen) atoms. The van der Waals surface area contributed by atoms with E-state index in [-0.39, 0.29) is 12.3 Å². The Morgan fingerprint density at radius 1 is 1.08 bits per heavy atom. The summed E-state index contributed by atoms with van der Waals surface area (Å²) in [5.74, 6) is 0.516. The zero-order chi connectivity index (χ0) is 17.7. The summed E-state index contributed by atoms with van der Waals surface area (Å²) in [6, 6.07) is 9.58. The van der Waals surface area contributed by atoms with E-state index in [4.69, 9.17) is 9.47 Å². The molecule has 0 aromatic heterocycles. The van der Waals surface area contributed by atoms with Gasteiger partial charge >= 0.3 is 0 Å². The molecule has 1 amide bonds. The average Bonchev–Trinajstić information content (AvgIpc) is 2.54. The Morgan fingerprint density at radius 2 is 1.79 bits per heavy atom. The van der Waals surface area contributed by atoms with E-state index >= 15 is 0 Å². The van der Waals surface area contributed by atoms with Gasteiger partial charge in [-0.15, -0.1) is 0 Å². The van der Waals surface area contributed by atoms with Gasteiger partial charge in [0.05, 0.1) is 32.0 Å². The Bertz CT molecular complexity index is 732. The van der Waals surface area contributed by atoms with Crippen LogP contribution in [0.4, 0.5) is 15.8 Å². The summed E-state index contributed by atoms with van der Waals surface area (Å²) in [6.45, 7) is 0. The number of hydrogen-bond donors (Lipinski definition) is 1. The molecule has 5 nitrogen and oxygen atoms in total. The zero-order valence-corrected chi connectivity index (χ0v) is 14.2. The van der Waals surface area contributed by atoms with Crippen LogP contribution in [0.1, 0.15) is 5.56 Å². The molecule has 0 aliphatic heterocycles. The molecule has 0 heterocycles. The molecule has 0 atom stereocenters. The van der Waals surface area contributed by atoms with Gasteiger partial charge in [0.2, 0.25) is 5.91 Å². The second-order valence-electron chi connectivity index (χ2n) is 5.47. The molecule has 6 heteroatoms. The molecule has 2 aromatic rings. The summed E-state index contributed by atoms with van der Waals surface area (Å²) in [6.07, 6.45) is 0.143. The van der Waals surface area contributed by atoms with Crippen LogP contribution < -0.4 is 19.7 Å². The van der Waals surface area contributed by atoms with Crippen LogP contribution in [-0.2, 0) is 11.2 Å². The Hall–Kier alpha value is -2.76. The average molecular weight is 332 g/mol. The highest BCUT2D eigenvalue weighted by Gasteiger charge is 2.12. The molecule has 0 bridgehead atoms. The van der Waals surface area contributed by atoms with Gasteiger partial charge in [0.15, 0.2) is 11.5 Å². The van der Waals surface area contributed by atoms with Crippen LogP contribution in [-0.4, -0.2) is 34.2 Å². The number of halogens is 1. The molecule has 2 rings (SSSR count). The molecular formula is C18H21FN2O3. The van der Waals surface area contributed by atoms with Crippen molar-refractivity contribution in [3.05, 3.63) is 47.8 Å². The molecule has 2 aromatic carbocycles. The lowest BCUT2D eigenvalue weighted by atomic mass is 10.1. The molecule has 0 saturated carbocycles. The summed E-state index contributed by atoms with van der Waals surface area (Å²) in [5, 5.41) is 2.75. The first-order valence-corrected chi connectivity index (χ1v) is 7.42. The van der Waals surface area contributed by atoms with Crippen molar-refractivity contribution in [3.63, 3.8) is 0 Å². The van der Waals surface area contributed by atoms with Crippen LogP contribution in [0.2, 0.25) is 0 Å². The van der Waals surface area contributed by atoms with Crippen LogP contribution in [0.25, 0.3) is 0 Å². The van der Waals surface area contributed by atoms with Crippen LogP contribution >= 0.6 is 0 Å². The van der Waals surface area contributed by atoms with E-state index in [0.29, 0.717) is 17.2 Å². The van der Waals surface area contributed by atoms with Crippen molar-refractivity contribution in [3.8, 4) is 11.5 Å². The van der Waals surface area contributed by atoms with Crippen molar-refractivity contribution in [1.29, 1.82) is 0 Å². The van der Waals surface area contributed by atoms with Gasteiger partial charge in [0.25, 0.3) is 0 Å². The first-order valence-electron chi connectivity index (χ1n) is 7.42. The van der Waals surface area contributed by atoms with Crippen LogP contribution in [0.5, 0.6) is 11.5 Å². The minimum absolute atomic E-state index is 0.143. The van der Waals surface area contributed by atoms with E-state index in [1.54, 1.807) is 31.4 Å². The number of amides is 1. The maximum Gasteiger partial charge on any atom is 0.228 e. The monoisotopic (exact) mass is 332 g/mol. The Kier molecular flexibility index (Phi) is 5.63. The SMILES string of the molecule is COc1ccc(CC(=O)Nc2cc(F)ccc2N(C)C)cc1OC. The van der Waals surface area contributed by atoms with Gasteiger partial charge in [-0.1, -0.05) is 6.07 Å². The number of benzene rings is 2. The standard InChI is InChI=1S/C18H21FN2O3/c1-21(2)15-7-6-13(19)11-14(15)20-18(22)10-12-5-8-16(23-3)17(9-12)24-4/h5-9,11H,10H2,1-4H3,(H,20,22). The Morgan fingerprint density at radius 3 is 2.42 bits per heavy atom. The lowest BCUT2D eigenvalue weighted by Crippen LogP contribution is -2.18. The molecule has 0 aliphatic carbocycles. The third kappa shape index (κ3) is 4.16. The molecule has 0 unspecified atom stereocenters. The van der Waals surface area contributed by atoms with E-state index < -0.39 is 5.82 Å². The predicted octanol–water partition coefficient (Wildman–Crippen LogP) is 3.09. The summed E-state index contributed by atoms with van der Waals surface area (Å²) in [7, 11) is 6.75. The number of hydrogen-bond acceptors (Lipinski definition) is 4. The summed E-state index contributed by atoms with van der Waals surface area (Å²) < 4.78 is 23.9. The normalized spacial score (nSPS) is 10.2. The fourth-order valence-corrected chi connectivity index (χ4v) is 2.37. The largest absolute Gasteiger partial charge is 0.493 e. The van der Waals surface area contributed by atoms with Gasteiger partial charge in [0.1, 0.15) is 5.82 Å². The lowest BCUT2D eigenvalue weighted by Gasteiger charge is -2.18. The highest BCUT2D eigenvalue weighted by molar-refractivity contribution is 5.95. The third-order valence-electron chi connectivity index (χ3n) is 3.53. The molecule has 0 aliphatic rings. The summed E-state index contributed by atoms with van der Waals surface area (Å²) in [4.78, 5) is 14.1. The van der Waals surface area contributed by atoms with E-state index in [1.165, 1.54) is 19.2 Å². The van der Waals surface area contributed by atoms with E-state index in [0.717, 1.165) is 11.3 Å². The van der Waals surface area contributed by atoms with Crippen molar-refractivity contribution in [2.45, 2.75) is 6.42 Å². The highest BCUT2D eigenvalue weighted by Crippen LogP contribution is 2.28. The molecular weight excluding hydrogens is 311 g/mol. The van der Waals surface area contributed by atoms with Gasteiger partial charge in [-0.3, -0.25) is 4.79 Å². The minimum Gasteiger partial charge on any atom is -0.493 e. The topological polar surface area (TPSA) is 50.8 Å². The lowest BCUT2D eigenvalue weighted by molar-refractivity contribution is -0.115. The van der Waals surface area contributed by atoms with Gasteiger partial charge < -0.3 is 19.7 Å². The summed E-state index contributed by atoms with van der Waals surface area (Å²) in [5.41, 5.74) is 1.94. The number of methoxy groups -OCH3 is 2. The van der Waals surface area contributed by atoms with Gasteiger partial charge in [-0.05, 0) is 35.9 Å². The van der Waals surface area contributed by atoms with E-state index in [1.807, 2.05) is 19.0 Å². The number of carbonyl (C=O) groups excluding carboxylic acids is 1. The smallest absolute Gasteiger partial charge is 0.228 e. The number of anilines is 2. The molecule has 0 saturated heterocycles. The molecule has 128 valence electrons. The highest BCUT2D eigenvalue weighted by atomic mass is 19.1. The maximum atomic E-state index is 13.5. The van der Waals surface area contributed by atoms with Crippen LogP contribution in [0.15, 0.2) is 36.4 Å². The number of ether oxygens (including phenoxy) is 2. The Balaban J connectivity index is 2.15. The molecule has 0 radical (unpaired) electrons. The van der Waals surface area contributed by atoms with E-state index in [2.05, 4.69) is 5.32 Å². The number of rotatable bonds is 6.